The lowest BCUT2D eigenvalue weighted by Gasteiger charge is -2.09. The molecule has 0 aromatic heterocycles. The summed E-state index contributed by atoms with van der Waals surface area (Å²) in [5.74, 6) is 0. The number of nitriles is 1. The minimum Gasteiger partial charge on any atom is -0.374 e. The van der Waals surface area contributed by atoms with E-state index in [0.717, 1.165) is 5.56 Å². The third-order valence-corrected chi connectivity index (χ3v) is 3.06. The number of hydrogen-bond donors (Lipinski definition) is 1. The summed E-state index contributed by atoms with van der Waals surface area (Å²) in [6.07, 6.45) is 0. The quantitative estimate of drug-likeness (QED) is 0.686. The lowest BCUT2D eigenvalue weighted by Crippen LogP contribution is -2.03. The first-order valence-corrected chi connectivity index (χ1v) is 6.15. The van der Waals surface area contributed by atoms with E-state index in [4.69, 9.17) is 16.9 Å². The number of benzene rings is 2. The topological polar surface area (TPSA) is 79.0 Å². The van der Waals surface area contributed by atoms with Gasteiger partial charge in [-0.15, -0.1) is 0 Å². The van der Waals surface area contributed by atoms with E-state index in [0.29, 0.717) is 22.8 Å². The molecular formula is C14H10ClN3O2. The van der Waals surface area contributed by atoms with Gasteiger partial charge < -0.3 is 5.32 Å². The molecule has 5 nitrogen and oxygen atoms in total. The summed E-state index contributed by atoms with van der Waals surface area (Å²) in [7, 11) is 0. The van der Waals surface area contributed by atoms with E-state index in [-0.39, 0.29) is 5.69 Å². The van der Waals surface area contributed by atoms with Crippen molar-refractivity contribution in [2.45, 2.75) is 6.54 Å². The van der Waals surface area contributed by atoms with Gasteiger partial charge in [0, 0.05) is 12.6 Å². The Balaban J connectivity index is 2.18. The van der Waals surface area contributed by atoms with Gasteiger partial charge in [0.05, 0.1) is 21.6 Å². The summed E-state index contributed by atoms with van der Waals surface area (Å²) >= 11 is 5.98. The van der Waals surface area contributed by atoms with Gasteiger partial charge in [-0.25, -0.2) is 0 Å². The van der Waals surface area contributed by atoms with Crippen molar-refractivity contribution in [3.05, 3.63) is 68.7 Å². The molecule has 0 amide bonds. The highest BCUT2D eigenvalue weighted by Gasteiger charge is 2.15. The molecule has 2 aromatic carbocycles. The first kappa shape index (κ1) is 13.8. The maximum Gasteiger partial charge on any atom is 0.293 e. The lowest BCUT2D eigenvalue weighted by molar-refractivity contribution is -0.383. The zero-order valence-corrected chi connectivity index (χ0v) is 11.1. The van der Waals surface area contributed by atoms with Gasteiger partial charge in [-0.1, -0.05) is 29.8 Å². The van der Waals surface area contributed by atoms with Crippen LogP contribution in [0.5, 0.6) is 0 Å². The maximum absolute atomic E-state index is 10.9. The molecule has 1 N–H and O–H groups in total. The standard InChI is InChI=1S/C14H10ClN3O2/c15-12-2-1-3-13(18(19)20)14(12)17-9-11-6-4-10(8-16)5-7-11/h1-7,17H,9H2. The number of nitro groups is 1. The molecule has 0 radical (unpaired) electrons. The summed E-state index contributed by atoms with van der Waals surface area (Å²) in [6, 6.07) is 13.5. The minimum atomic E-state index is -0.479. The molecule has 0 bridgehead atoms. The van der Waals surface area contributed by atoms with Crippen molar-refractivity contribution < 1.29 is 4.92 Å². The second-order valence-electron chi connectivity index (χ2n) is 4.05. The summed E-state index contributed by atoms with van der Waals surface area (Å²) in [6.45, 7) is 0.385. The third-order valence-electron chi connectivity index (χ3n) is 2.74. The Bertz CT molecular complexity index is 678. The molecule has 20 heavy (non-hydrogen) atoms. The minimum absolute atomic E-state index is 0.0638. The zero-order valence-electron chi connectivity index (χ0n) is 10.3. The number of para-hydroxylation sites is 1. The molecular weight excluding hydrogens is 278 g/mol. The van der Waals surface area contributed by atoms with Crippen LogP contribution in [0.25, 0.3) is 0 Å². The van der Waals surface area contributed by atoms with E-state index in [1.54, 1.807) is 30.3 Å². The van der Waals surface area contributed by atoms with Crippen molar-refractivity contribution in [1.82, 2.24) is 0 Å². The van der Waals surface area contributed by atoms with Crippen LogP contribution in [0.15, 0.2) is 42.5 Å². The van der Waals surface area contributed by atoms with Crippen molar-refractivity contribution in [1.29, 1.82) is 5.26 Å². The number of nitrogens with one attached hydrogen (secondary N) is 1. The van der Waals surface area contributed by atoms with E-state index in [1.807, 2.05) is 6.07 Å². The fourth-order valence-electron chi connectivity index (χ4n) is 1.73. The van der Waals surface area contributed by atoms with Crippen LogP contribution in [0.1, 0.15) is 11.1 Å². The van der Waals surface area contributed by atoms with E-state index in [9.17, 15) is 10.1 Å². The Morgan fingerprint density at radius 1 is 1.25 bits per heavy atom. The van der Waals surface area contributed by atoms with Crippen LogP contribution in [0, 0.1) is 21.4 Å². The first-order valence-electron chi connectivity index (χ1n) is 5.77. The van der Waals surface area contributed by atoms with Gasteiger partial charge in [-0.3, -0.25) is 10.1 Å². The second-order valence-corrected chi connectivity index (χ2v) is 4.46. The number of halogens is 1. The van der Waals surface area contributed by atoms with Crippen molar-refractivity contribution >= 4 is 23.0 Å². The predicted octanol–water partition coefficient (Wildman–Crippen LogP) is 3.73. The molecule has 0 fully saturated rings. The molecule has 0 atom stereocenters. The van der Waals surface area contributed by atoms with E-state index in [1.165, 1.54) is 12.1 Å². The van der Waals surface area contributed by atoms with Gasteiger partial charge in [-0.05, 0) is 23.8 Å². The molecule has 0 aliphatic carbocycles. The molecule has 6 heteroatoms. The second kappa shape index (κ2) is 6.04. The van der Waals surface area contributed by atoms with Gasteiger partial charge in [-0.2, -0.15) is 5.26 Å². The average molecular weight is 288 g/mol. The number of anilines is 1. The van der Waals surface area contributed by atoms with Crippen LogP contribution in [0.4, 0.5) is 11.4 Å². The number of nitro benzene ring substituents is 1. The molecule has 0 spiro atoms. The predicted molar refractivity (Wildman–Crippen MR) is 76.6 cm³/mol. The summed E-state index contributed by atoms with van der Waals surface area (Å²) in [4.78, 5) is 10.5. The molecule has 0 aliphatic rings. The van der Waals surface area contributed by atoms with E-state index >= 15 is 0 Å². The van der Waals surface area contributed by atoms with Crippen molar-refractivity contribution in [2.24, 2.45) is 0 Å². The van der Waals surface area contributed by atoms with E-state index < -0.39 is 4.92 Å². The van der Waals surface area contributed by atoms with Crippen LogP contribution >= 0.6 is 11.6 Å². The zero-order chi connectivity index (χ0) is 14.5. The smallest absolute Gasteiger partial charge is 0.293 e. The van der Waals surface area contributed by atoms with Gasteiger partial charge in [0.2, 0.25) is 0 Å². The van der Waals surface area contributed by atoms with Crippen molar-refractivity contribution in [2.75, 3.05) is 5.32 Å². The Hall–Kier alpha value is -2.58. The number of nitrogens with zero attached hydrogens (tertiary/aromatic N) is 2. The van der Waals surface area contributed by atoms with Crippen molar-refractivity contribution in [3.63, 3.8) is 0 Å². The highest BCUT2D eigenvalue weighted by Crippen LogP contribution is 2.32. The first-order chi connectivity index (χ1) is 9.61. The molecule has 0 saturated heterocycles. The Morgan fingerprint density at radius 3 is 2.55 bits per heavy atom. The Morgan fingerprint density at radius 2 is 1.95 bits per heavy atom. The van der Waals surface area contributed by atoms with Crippen LogP contribution in [0.2, 0.25) is 5.02 Å². The number of hydrogen-bond acceptors (Lipinski definition) is 4. The molecule has 0 saturated carbocycles. The fraction of sp³-hybridized carbons (Fsp3) is 0.0714. The third kappa shape index (κ3) is 3.05. The molecule has 0 aliphatic heterocycles. The average Bonchev–Trinajstić information content (AvgIpc) is 2.46. The summed E-state index contributed by atoms with van der Waals surface area (Å²) in [5.41, 5.74) is 1.70. The van der Waals surface area contributed by atoms with E-state index in [2.05, 4.69) is 5.32 Å². The molecule has 2 aromatic rings. The number of rotatable bonds is 4. The monoisotopic (exact) mass is 287 g/mol. The van der Waals surface area contributed by atoms with Gasteiger partial charge in [0.1, 0.15) is 5.69 Å². The largest absolute Gasteiger partial charge is 0.374 e. The SMILES string of the molecule is N#Cc1ccc(CNc2c(Cl)cccc2[N+](=O)[O-])cc1. The summed E-state index contributed by atoms with van der Waals surface area (Å²) in [5, 5.41) is 22.9. The maximum atomic E-state index is 10.9. The van der Waals surface area contributed by atoms with Gasteiger partial charge in [0.25, 0.3) is 5.69 Å². The van der Waals surface area contributed by atoms with Gasteiger partial charge >= 0.3 is 0 Å². The molecule has 100 valence electrons. The lowest BCUT2D eigenvalue weighted by atomic mass is 10.1. The highest BCUT2D eigenvalue weighted by molar-refractivity contribution is 6.33. The molecule has 0 heterocycles. The van der Waals surface area contributed by atoms with Crippen molar-refractivity contribution in [3.8, 4) is 6.07 Å². The Kier molecular flexibility index (Phi) is 4.18. The normalized spacial score (nSPS) is 9.80. The van der Waals surface area contributed by atoms with Crippen LogP contribution in [-0.2, 0) is 6.54 Å². The highest BCUT2D eigenvalue weighted by atomic mass is 35.5. The van der Waals surface area contributed by atoms with Crippen LogP contribution in [-0.4, -0.2) is 4.92 Å². The van der Waals surface area contributed by atoms with Gasteiger partial charge in [0.15, 0.2) is 0 Å². The van der Waals surface area contributed by atoms with Crippen LogP contribution < -0.4 is 5.32 Å². The fourth-order valence-corrected chi connectivity index (χ4v) is 1.96. The molecule has 0 unspecified atom stereocenters. The van der Waals surface area contributed by atoms with Crippen LogP contribution in [0.3, 0.4) is 0 Å². The summed E-state index contributed by atoms with van der Waals surface area (Å²) < 4.78 is 0. The molecule has 2 rings (SSSR count). The Labute approximate surface area is 120 Å².